The number of aromatic nitrogens is 2. The van der Waals surface area contributed by atoms with Crippen molar-refractivity contribution in [1.29, 1.82) is 0 Å². The summed E-state index contributed by atoms with van der Waals surface area (Å²) >= 11 is 0. The lowest BCUT2D eigenvalue weighted by atomic mass is 10.1. The number of aryl methyl sites for hydroxylation is 3. The molecule has 0 amide bonds. The van der Waals surface area contributed by atoms with Gasteiger partial charge >= 0.3 is 0 Å². The highest BCUT2D eigenvalue weighted by atomic mass is 127. The topological polar surface area (TPSA) is 63.5 Å². The molecule has 0 unspecified atom stereocenters. The first-order chi connectivity index (χ1) is 13.0. The predicted octanol–water partition coefficient (Wildman–Crippen LogP) is 3.66. The number of guanidine groups is 1. The monoisotopic (exact) mass is 499 g/mol. The fourth-order valence-corrected chi connectivity index (χ4v) is 3.07. The summed E-state index contributed by atoms with van der Waals surface area (Å²) in [4.78, 5) is 4.73. The number of rotatable bonds is 8. The van der Waals surface area contributed by atoms with Crippen LogP contribution in [-0.4, -0.2) is 35.4 Å². The van der Waals surface area contributed by atoms with E-state index in [1.54, 1.807) is 0 Å². The highest BCUT2D eigenvalue weighted by Crippen LogP contribution is 2.21. The molecular formula is C21H34IN5O. The molecule has 0 radical (unpaired) electrons. The Morgan fingerprint density at radius 2 is 1.93 bits per heavy atom. The number of nitrogens with zero attached hydrogens (tertiary/aromatic N) is 3. The van der Waals surface area contributed by atoms with Crippen molar-refractivity contribution in [2.45, 2.75) is 47.6 Å². The molecule has 0 atom stereocenters. The molecular weight excluding hydrogens is 465 g/mol. The number of benzene rings is 1. The first-order valence-corrected chi connectivity index (χ1v) is 9.69. The largest absolute Gasteiger partial charge is 0.494 e. The zero-order valence-electron chi connectivity index (χ0n) is 17.9. The van der Waals surface area contributed by atoms with Crippen LogP contribution in [0.3, 0.4) is 0 Å². The summed E-state index contributed by atoms with van der Waals surface area (Å²) in [5, 5.41) is 11.2. The Morgan fingerprint density at radius 3 is 2.54 bits per heavy atom. The van der Waals surface area contributed by atoms with Crippen LogP contribution in [0.2, 0.25) is 0 Å². The molecule has 1 aromatic heterocycles. The van der Waals surface area contributed by atoms with Crippen molar-refractivity contribution in [1.82, 2.24) is 20.4 Å². The van der Waals surface area contributed by atoms with E-state index in [0.29, 0.717) is 13.2 Å². The average molecular weight is 499 g/mol. The van der Waals surface area contributed by atoms with E-state index in [1.165, 1.54) is 16.8 Å². The van der Waals surface area contributed by atoms with Crippen LogP contribution in [0.5, 0.6) is 5.75 Å². The summed E-state index contributed by atoms with van der Waals surface area (Å²) < 4.78 is 7.70. The first-order valence-electron chi connectivity index (χ1n) is 9.69. The Balaban J connectivity index is 0.00000392. The van der Waals surface area contributed by atoms with Gasteiger partial charge in [-0.15, -0.1) is 24.0 Å². The standard InChI is InChI=1S/C21H33N5O.HI/c1-7-22-21(23-12-11-19-16(4)25-26(6)17(19)5)24-14-18-10-9-15(3)13-20(18)27-8-2;/h9-10,13H,7-8,11-12,14H2,1-6H3,(H2,22,23,24);1H. The number of hydrogen-bond donors (Lipinski definition) is 2. The Labute approximate surface area is 186 Å². The summed E-state index contributed by atoms with van der Waals surface area (Å²) in [5.74, 6) is 1.73. The summed E-state index contributed by atoms with van der Waals surface area (Å²) in [7, 11) is 1.99. The summed E-state index contributed by atoms with van der Waals surface area (Å²) in [5.41, 5.74) is 5.91. The molecule has 0 aliphatic rings. The van der Waals surface area contributed by atoms with Crippen molar-refractivity contribution in [2.24, 2.45) is 12.0 Å². The number of halogens is 1. The second-order valence-electron chi connectivity index (χ2n) is 6.69. The molecule has 2 rings (SSSR count). The minimum atomic E-state index is 0. The number of aliphatic imine (C=N–C) groups is 1. The molecule has 2 N–H and O–H groups in total. The summed E-state index contributed by atoms with van der Waals surface area (Å²) in [6, 6.07) is 6.26. The van der Waals surface area contributed by atoms with E-state index in [1.807, 2.05) is 18.7 Å². The third kappa shape index (κ3) is 6.68. The van der Waals surface area contributed by atoms with Crippen LogP contribution < -0.4 is 15.4 Å². The van der Waals surface area contributed by atoms with Gasteiger partial charge in [-0.25, -0.2) is 4.99 Å². The van der Waals surface area contributed by atoms with E-state index in [4.69, 9.17) is 9.73 Å². The fraction of sp³-hybridized carbons (Fsp3) is 0.524. The van der Waals surface area contributed by atoms with Gasteiger partial charge in [0, 0.05) is 31.4 Å². The van der Waals surface area contributed by atoms with E-state index in [0.717, 1.165) is 42.5 Å². The SMILES string of the molecule is CCNC(=NCc1ccc(C)cc1OCC)NCCc1c(C)nn(C)c1C.I. The first kappa shape index (κ1) is 24.3. The van der Waals surface area contributed by atoms with Crippen LogP contribution in [0.25, 0.3) is 0 Å². The second-order valence-corrected chi connectivity index (χ2v) is 6.69. The van der Waals surface area contributed by atoms with Crippen molar-refractivity contribution in [2.75, 3.05) is 19.7 Å². The van der Waals surface area contributed by atoms with Gasteiger partial charge in [0.1, 0.15) is 5.75 Å². The zero-order chi connectivity index (χ0) is 19.8. The Morgan fingerprint density at radius 1 is 1.18 bits per heavy atom. The van der Waals surface area contributed by atoms with Gasteiger partial charge in [0.15, 0.2) is 5.96 Å². The molecule has 2 aromatic rings. The van der Waals surface area contributed by atoms with Crippen LogP contribution in [0.1, 0.15) is 41.9 Å². The average Bonchev–Trinajstić information content (AvgIpc) is 2.87. The summed E-state index contributed by atoms with van der Waals surface area (Å²) in [6.45, 7) is 13.2. The van der Waals surface area contributed by atoms with Crippen LogP contribution in [0.4, 0.5) is 0 Å². The van der Waals surface area contributed by atoms with Crippen molar-refractivity contribution >= 4 is 29.9 Å². The Kier molecular flexibility index (Phi) is 10.3. The van der Waals surface area contributed by atoms with Gasteiger partial charge in [0.2, 0.25) is 0 Å². The minimum Gasteiger partial charge on any atom is -0.494 e. The highest BCUT2D eigenvalue weighted by Gasteiger charge is 2.09. The smallest absolute Gasteiger partial charge is 0.191 e. The van der Waals surface area contributed by atoms with Crippen LogP contribution >= 0.6 is 24.0 Å². The van der Waals surface area contributed by atoms with Crippen LogP contribution in [0.15, 0.2) is 23.2 Å². The lowest BCUT2D eigenvalue weighted by Gasteiger charge is -2.13. The van der Waals surface area contributed by atoms with Gasteiger partial charge < -0.3 is 15.4 Å². The van der Waals surface area contributed by atoms with Crippen molar-refractivity contribution in [3.63, 3.8) is 0 Å². The quantitative estimate of drug-likeness (QED) is 0.331. The molecule has 1 heterocycles. The maximum Gasteiger partial charge on any atom is 0.191 e. The molecule has 0 aliphatic heterocycles. The maximum absolute atomic E-state index is 5.76. The Hall–Kier alpha value is -1.77. The minimum absolute atomic E-state index is 0. The molecule has 0 saturated heterocycles. The molecule has 0 fully saturated rings. The third-order valence-corrected chi connectivity index (χ3v) is 4.60. The van der Waals surface area contributed by atoms with E-state index in [2.05, 4.69) is 61.6 Å². The van der Waals surface area contributed by atoms with Gasteiger partial charge in [-0.1, -0.05) is 12.1 Å². The van der Waals surface area contributed by atoms with Crippen molar-refractivity contribution in [3.05, 3.63) is 46.3 Å². The number of ether oxygens (including phenoxy) is 1. The molecule has 28 heavy (non-hydrogen) atoms. The maximum atomic E-state index is 5.76. The van der Waals surface area contributed by atoms with Gasteiger partial charge in [-0.3, -0.25) is 4.68 Å². The van der Waals surface area contributed by atoms with Gasteiger partial charge in [-0.05, 0) is 58.2 Å². The second kappa shape index (κ2) is 11.9. The lowest BCUT2D eigenvalue weighted by Crippen LogP contribution is -2.38. The predicted molar refractivity (Wildman–Crippen MR) is 127 cm³/mol. The van der Waals surface area contributed by atoms with Gasteiger partial charge in [0.05, 0.1) is 18.8 Å². The molecule has 0 spiro atoms. The molecule has 156 valence electrons. The molecule has 6 nitrogen and oxygen atoms in total. The molecule has 0 saturated carbocycles. The Bertz CT molecular complexity index is 785. The van der Waals surface area contributed by atoms with E-state index >= 15 is 0 Å². The molecule has 0 aliphatic carbocycles. The molecule has 0 bridgehead atoms. The van der Waals surface area contributed by atoms with Gasteiger partial charge in [-0.2, -0.15) is 5.10 Å². The molecule has 1 aromatic carbocycles. The molecule has 7 heteroatoms. The number of nitrogens with one attached hydrogen (secondary N) is 2. The van der Waals surface area contributed by atoms with Crippen molar-refractivity contribution < 1.29 is 4.74 Å². The van der Waals surface area contributed by atoms with Gasteiger partial charge in [0.25, 0.3) is 0 Å². The fourth-order valence-electron chi connectivity index (χ4n) is 3.07. The van der Waals surface area contributed by atoms with E-state index < -0.39 is 0 Å². The van der Waals surface area contributed by atoms with Crippen LogP contribution in [-0.2, 0) is 20.0 Å². The van der Waals surface area contributed by atoms with E-state index in [9.17, 15) is 0 Å². The normalized spacial score (nSPS) is 11.1. The highest BCUT2D eigenvalue weighted by molar-refractivity contribution is 14.0. The lowest BCUT2D eigenvalue weighted by molar-refractivity contribution is 0.336. The van der Waals surface area contributed by atoms with Crippen molar-refractivity contribution in [3.8, 4) is 5.75 Å². The zero-order valence-corrected chi connectivity index (χ0v) is 20.3. The van der Waals surface area contributed by atoms with Crippen LogP contribution in [0, 0.1) is 20.8 Å². The number of hydrogen-bond acceptors (Lipinski definition) is 3. The third-order valence-electron chi connectivity index (χ3n) is 4.60. The summed E-state index contributed by atoms with van der Waals surface area (Å²) in [6.07, 6.45) is 0.921. The van der Waals surface area contributed by atoms with E-state index in [-0.39, 0.29) is 24.0 Å².